The van der Waals surface area contributed by atoms with Crippen LogP contribution in [-0.4, -0.2) is 21.8 Å². The molecular formula is C24H16N3NaO3. The first kappa shape index (κ1) is 22.4. The maximum absolute atomic E-state index is 12.8. The van der Waals surface area contributed by atoms with Crippen molar-refractivity contribution in [1.82, 2.24) is 9.97 Å². The van der Waals surface area contributed by atoms with Gasteiger partial charge in [-0.2, -0.15) is 0 Å². The minimum absolute atomic E-state index is 0. The Bertz CT molecular complexity index is 1220. The molecule has 0 fully saturated rings. The predicted octanol–water partition coefficient (Wildman–Crippen LogP) is 0.430. The number of carboxylic acids is 1. The number of aromatic carboxylic acids is 1. The number of pyridine rings is 2. The van der Waals surface area contributed by atoms with E-state index in [1.165, 1.54) is 12.3 Å². The predicted molar refractivity (Wildman–Crippen MR) is 112 cm³/mol. The number of carbonyl (C=O) groups excluding carboxylic acids is 2. The van der Waals surface area contributed by atoms with Crippen LogP contribution in [-0.2, 0) is 0 Å². The zero-order chi connectivity index (χ0) is 20.9. The molecule has 6 nitrogen and oxygen atoms in total. The summed E-state index contributed by atoms with van der Waals surface area (Å²) in [5, 5.41) is 14.2. The summed E-state index contributed by atoms with van der Waals surface area (Å²) >= 11 is 0. The summed E-state index contributed by atoms with van der Waals surface area (Å²) in [5.74, 6) is -1.84. The molecule has 0 aliphatic rings. The molecule has 2 heterocycles. The Hall–Kier alpha value is -3.32. The fourth-order valence-electron chi connectivity index (χ4n) is 3.09. The van der Waals surface area contributed by atoms with Crippen LogP contribution in [0.2, 0.25) is 0 Å². The average Bonchev–Trinajstić information content (AvgIpc) is 2.80. The van der Waals surface area contributed by atoms with Crippen molar-refractivity contribution in [1.29, 1.82) is 0 Å². The van der Waals surface area contributed by atoms with E-state index in [-0.39, 0.29) is 40.8 Å². The first-order chi connectivity index (χ1) is 14.6. The second-order valence-electron chi connectivity index (χ2n) is 6.57. The van der Waals surface area contributed by atoms with E-state index in [1.54, 1.807) is 42.9 Å². The third kappa shape index (κ3) is 5.24. The van der Waals surface area contributed by atoms with Crippen molar-refractivity contribution in [3.63, 3.8) is 0 Å². The minimum Gasteiger partial charge on any atom is -0.545 e. The van der Waals surface area contributed by atoms with Crippen LogP contribution >= 0.6 is 0 Å². The normalized spacial score (nSPS) is 10.1. The van der Waals surface area contributed by atoms with Gasteiger partial charge in [-0.25, -0.2) is 0 Å². The van der Waals surface area contributed by atoms with E-state index >= 15 is 0 Å². The Balaban J connectivity index is 0.00000272. The Morgan fingerprint density at radius 1 is 0.742 bits per heavy atom. The van der Waals surface area contributed by atoms with Crippen molar-refractivity contribution in [3.8, 4) is 22.3 Å². The number of carbonyl (C=O) groups is 2. The standard InChI is InChI=1S/C24H17N3O3.Na/c28-23(20-11-19(14-26-15-20)18-7-4-10-25-13-18)27-22-12-17(8-9-21(22)24(29)30)16-5-2-1-3-6-16;/h1-15H,(H,27,28)(H,29,30);/q;+1/p-1. The van der Waals surface area contributed by atoms with Crippen molar-refractivity contribution >= 4 is 17.6 Å². The van der Waals surface area contributed by atoms with Crippen LogP contribution in [0.3, 0.4) is 0 Å². The van der Waals surface area contributed by atoms with Gasteiger partial charge >= 0.3 is 29.6 Å². The second-order valence-corrected chi connectivity index (χ2v) is 6.57. The average molecular weight is 417 g/mol. The van der Waals surface area contributed by atoms with Crippen molar-refractivity contribution in [2.24, 2.45) is 0 Å². The van der Waals surface area contributed by atoms with Crippen LogP contribution in [0.15, 0.2) is 91.5 Å². The molecule has 0 atom stereocenters. The van der Waals surface area contributed by atoms with Gasteiger partial charge in [0.15, 0.2) is 0 Å². The topological polar surface area (TPSA) is 95.0 Å². The van der Waals surface area contributed by atoms with E-state index in [0.29, 0.717) is 5.56 Å². The molecular weight excluding hydrogens is 401 g/mol. The van der Waals surface area contributed by atoms with E-state index in [9.17, 15) is 14.7 Å². The van der Waals surface area contributed by atoms with Gasteiger partial charge in [0.2, 0.25) is 0 Å². The minimum atomic E-state index is -1.37. The zero-order valence-electron chi connectivity index (χ0n) is 16.8. The summed E-state index contributed by atoms with van der Waals surface area (Å²) in [6, 6.07) is 19.5. The molecule has 0 saturated carbocycles. The van der Waals surface area contributed by atoms with Gasteiger partial charge in [0.1, 0.15) is 0 Å². The van der Waals surface area contributed by atoms with Gasteiger partial charge in [-0.15, -0.1) is 0 Å². The summed E-state index contributed by atoms with van der Waals surface area (Å²) in [6.07, 6.45) is 6.40. The summed E-state index contributed by atoms with van der Waals surface area (Å²) in [6.45, 7) is 0. The van der Waals surface area contributed by atoms with E-state index in [2.05, 4.69) is 15.3 Å². The summed E-state index contributed by atoms with van der Waals surface area (Å²) in [5.41, 5.74) is 3.59. The van der Waals surface area contributed by atoms with Gasteiger partial charge in [0.05, 0.1) is 17.2 Å². The molecule has 0 spiro atoms. The van der Waals surface area contributed by atoms with Crippen LogP contribution in [0.25, 0.3) is 22.3 Å². The van der Waals surface area contributed by atoms with Crippen molar-refractivity contribution < 1.29 is 44.3 Å². The fourth-order valence-corrected chi connectivity index (χ4v) is 3.09. The summed E-state index contributed by atoms with van der Waals surface area (Å²) in [7, 11) is 0. The smallest absolute Gasteiger partial charge is 0.545 e. The molecule has 0 aliphatic carbocycles. The number of benzene rings is 2. The molecule has 0 radical (unpaired) electrons. The fraction of sp³-hybridized carbons (Fsp3) is 0. The third-order valence-electron chi connectivity index (χ3n) is 4.59. The molecule has 4 aromatic rings. The van der Waals surface area contributed by atoms with E-state index < -0.39 is 11.9 Å². The number of nitrogens with one attached hydrogen (secondary N) is 1. The van der Waals surface area contributed by atoms with E-state index in [0.717, 1.165) is 22.3 Å². The molecule has 2 aromatic carbocycles. The van der Waals surface area contributed by atoms with E-state index in [4.69, 9.17) is 0 Å². The molecule has 0 aliphatic heterocycles. The Labute approximate surface area is 201 Å². The quantitative estimate of drug-likeness (QED) is 0.475. The van der Waals surface area contributed by atoms with Crippen LogP contribution in [0.5, 0.6) is 0 Å². The zero-order valence-corrected chi connectivity index (χ0v) is 18.8. The number of amides is 1. The molecule has 31 heavy (non-hydrogen) atoms. The van der Waals surface area contributed by atoms with Crippen LogP contribution in [0, 0.1) is 0 Å². The largest absolute Gasteiger partial charge is 1.00 e. The number of carboxylic acid groups (broad SMARTS) is 1. The maximum Gasteiger partial charge on any atom is 1.00 e. The second kappa shape index (κ2) is 10.1. The number of anilines is 1. The van der Waals surface area contributed by atoms with Crippen molar-refractivity contribution in [2.75, 3.05) is 5.32 Å². The van der Waals surface area contributed by atoms with Gasteiger partial charge in [0.25, 0.3) is 5.91 Å². The van der Waals surface area contributed by atoms with Gasteiger partial charge in [-0.3, -0.25) is 14.8 Å². The van der Waals surface area contributed by atoms with Crippen LogP contribution < -0.4 is 40.0 Å². The molecule has 146 valence electrons. The first-order valence-electron chi connectivity index (χ1n) is 9.19. The monoisotopic (exact) mass is 417 g/mol. The molecule has 7 heteroatoms. The Kier molecular flexibility index (Phi) is 7.31. The number of aromatic nitrogens is 2. The van der Waals surface area contributed by atoms with Gasteiger partial charge in [0, 0.05) is 41.5 Å². The summed E-state index contributed by atoms with van der Waals surface area (Å²) in [4.78, 5) is 32.6. The third-order valence-corrected chi connectivity index (χ3v) is 4.59. The number of rotatable bonds is 5. The Morgan fingerprint density at radius 2 is 1.48 bits per heavy atom. The van der Waals surface area contributed by atoms with Crippen molar-refractivity contribution in [2.45, 2.75) is 0 Å². The molecule has 0 saturated heterocycles. The number of hydrogen-bond acceptors (Lipinski definition) is 5. The van der Waals surface area contributed by atoms with Crippen LogP contribution in [0.1, 0.15) is 20.7 Å². The first-order valence-corrected chi connectivity index (χ1v) is 9.19. The molecule has 0 unspecified atom stereocenters. The molecule has 1 amide bonds. The van der Waals surface area contributed by atoms with Crippen molar-refractivity contribution in [3.05, 3.63) is 103 Å². The van der Waals surface area contributed by atoms with Gasteiger partial charge < -0.3 is 15.2 Å². The molecule has 2 aromatic heterocycles. The SMILES string of the molecule is O=C(Nc1cc(-c2ccccc2)ccc1C(=O)[O-])c1cncc(-c2cccnc2)c1.[Na+]. The molecule has 0 bridgehead atoms. The van der Waals surface area contributed by atoms with Gasteiger partial charge in [-0.05, 0) is 29.3 Å². The Morgan fingerprint density at radius 3 is 2.19 bits per heavy atom. The molecule has 1 N–H and O–H groups in total. The number of nitrogens with zero attached hydrogens (tertiary/aromatic N) is 2. The van der Waals surface area contributed by atoms with Crippen LogP contribution in [0.4, 0.5) is 5.69 Å². The maximum atomic E-state index is 12.8. The number of hydrogen-bond donors (Lipinski definition) is 1. The molecule has 4 rings (SSSR count). The van der Waals surface area contributed by atoms with E-state index in [1.807, 2.05) is 36.4 Å². The summed E-state index contributed by atoms with van der Waals surface area (Å²) < 4.78 is 0. The van der Waals surface area contributed by atoms with Gasteiger partial charge in [-0.1, -0.05) is 48.5 Å².